The summed E-state index contributed by atoms with van der Waals surface area (Å²) in [5, 5.41) is 6.94. The Hall–Kier alpha value is -3.13. The number of anilines is 1. The molecule has 0 aliphatic heterocycles. The van der Waals surface area contributed by atoms with Crippen LogP contribution in [0, 0.1) is 0 Å². The summed E-state index contributed by atoms with van der Waals surface area (Å²) in [6, 6.07) is 20.0. The predicted octanol–water partition coefficient (Wildman–Crippen LogP) is 6.10. The second kappa shape index (κ2) is 8.91. The number of hydrogen-bond donors (Lipinski definition) is 1. The molecule has 0 heterocycles. The summed E-state index contributed by atoms with van der Waals surface area (Å²) >= 11 is 3.35. The monoisotopic (exact) mass is 462 g/mol. The average molecular weight is 463 g/mol. The van der Waals surface area contributed by atoms with Crippen LogP contribution in [0.25, 0.3) is 0 Å². The Kier molecular flexibility index (Phi) is 6.33. The molecule has 1 N–H and O–H groups in total. The summed E-state index contributed by atoms with van der Waals surface area (Å²) < 4.78 is 38.8. The Morgan fingerprint density at radius 1 is 0.862 bits per heavy atom. The molecule has 0 atom stereocenters. The van der Waals surface area contributed by atoms with Gasteiger partial charge in [-0.25, -0.2) is 4.79 Å². The summed E-state index contributed by atoms with van der Waals surface area (Å²) in [6.45, 7) is 0. The maximum Gasteiger partial charge on any atom is 0.416 e. The lowest BCUT2D eigenvalue weighted by atomic mass is 10.1. The molecule has 148 valence electrons. The van der Waals surface area contributed by atoms with Crippen LogP contribution >= 0.6 is 15.9 Å². The number of carbonyl (C=O) groups excluding carboxylic acids is 1. The van der Waals surface area contributed by atoms with E-state index in [2.05, 4.69) is 26.4 Å². The van der Waals surface area contributed by atoms with Gasteiger partial charge in [-0.2, -0.15) is 13.2 Å². The number of rotatable bonds is 4. The van der Waals surface area contributed by atoms with Crippen molar-refractivity contribution in [2.45, 2.75) is 6.18 Å². The van der Waals surface area contributed by atoms with E-state index >= 15 is 0 Å². The van der Waals surface area contributed by atoms with Gasteiger partial charge >= 0.3 is 12.1 Å². The molecule has 0 spiro atoms. The lowest BCUT2D eigenvalue weighted by molar-refractivity contribution is -0.137. The molecule has 0 saturated heterocycles. The van der Waals surface area contributed by atoms with E-state index in [1.807, 2.05) is 30.3 Å². The van der Waals surface area contributed by atoms with Crippen molar-refractivity contribution in [2.75, 3.05) is 5.32 Å². The molecule has 0 bridgehead atoms. The van der Waals surface area contributed by atoms with E-state index in [9.17, 15) is 18.0 Å². The van der Waals surface area contributed by atoms with Gasteiger partial charge in [0, 0.05) is 15.7 Å². The van der Waals surface area contributed by atoms with Gasteiger partial charge < -0.3 is 10.2 Å². The van der Waals surface area contributed by atoms with Crippen molar-refractivity contribution in [2.24, 2.45) is 5.16 Å². The van der Waals surface area contributed by atoms with Crippen LogP contribution in [0.1, 0.15) is 21.5 Å². The molecular weight excluding hydrogens is 449 g/mol. The van der Waals surface area contributed by atoms with Crippen molar-refractivity contribution in [3.8, 4) is 0 Å². The van der Waals surface area contributed by atoms with Gasteiger partial charge in [0.15, 0.2) is 5.84 Å². The zero-order valence-electron chi connectivity index (χ0n) is 14.8. The molecule has 8 heteroatoms. The highest BCUT2D eigenvalue weighted by molar-refractivity contribution is 9.10. The molecule has 0 aromatic heterocycles. The van der Waals surface area contributed by atoms with Gasteiger partial charge in [0.2, 0.25) is 0 Å². The fraction of sp³-hybridized carbons (Fsp3) is 0.0476. The van der Waals surface area contributed by atoms with Crippen LogP contribution in [-0.4, -0.2) is 11.8 Å². The Labute approximate surface area is 173 Å². The SMILES string of the molecule is O=C(O/N=C(/Nc1ccccc1)c1ccc(Br)cc1)c1ccc(C(F)(F)F)cc1. The first-order valence-electron chi connectivity index (χ1n) is 8.37. The van der Waals surface area contributed by atoms with Gasteiger partial charge in [-0.15, -0.1) is 0 Å². The van der Waals surface area contributed by atoms with Crippen molar-refractivity contribution in [1.82, 2.24) is 0 Å². The van der Waals surface area contributed by atoms with Crippen LogP contribution in [0.5, 0.6) is 0 Å². The Balaban J connectivity index is 1.81. The standard InChI is InChI=1S/C21H14BrF3N2O2/c22-17-12-8-14(9-13-17)19(26-18-4-2-1-3-5-18)27-29-20(28)15-6-10-16(11-7-15)21(23,24)25/h1-13H,(H,26,27). The fourth-order valence-electron chi connectivity index (χ4n) is 2.35. The molecular formula is C21H14BrF3N2O2. The quantitative estimate of drug-likeness (QED) is 0.220. The highest BCUT2D eigenvalue weighted by atomic mass is 79.9. The minimum Gasteiger partial charge on any atom is -0.337 e. The number of nitrogens with zero attached hydrogens (tertiary/aromatic N) is 1. The second-order valence-electron chi connectivity index (χ2n) is 5.89. The molecule has 0 saturated carbocycles. The summed E-state index contributed by atoms with van der Waals surface area (Å²) in [6.07, 6.45) is -4.48. The maximum absolute atomic E-state index is 12.6. The Morgan fingerprint density at radius 2 is 1.45 bits per heavy atom. The van der Waals surface area contributed by atoms with E-state index in [-0.39, 0.29) is 11.4 Å². The maximum atomic E-state index is 12.6. The van der Waals surface area contributed by atoms with Gasteiger partial charge in [-0.05, 0) is 48.5 Å². The third-order valence-electron chi connectivity index (χ3n) is 3.82. The van der Waals surface area contributed by atoms with Crippen LogP contribution in [-0.2, 0) is 11.0 Å². The highest BCUT2D eigenvalue weighted by Gasteiger charge is 2.30. The zero-order valence-corrected chi connectivity index (χ0v) is 16.4. The molecule has 0 fully saturated rings. The van der Waals surface area contributed by atoms with E-state index in [0.717, 1.165) is 34.4 Å². The molecule has 0 aliphatic carbocycles. The van der Waals surface area contributed by atoms with Gasteiger partial charge in [0.05, 0.1) is 11.1 Å². The molecule has 29 heavy (non-hydrogen) atoms. The number of para-hydroxylation sites is 1. The third kappa shape index (κ3) is 5.68. The average Bonchev–Trinajstić information content (AvgIpc) is 2.72. The Morgan fingerprint density at radius 3 is 2.03 bits per heavy atom. The van der Waals surface area contributed by atoms with Crippen LogP contribution in [0.15, 0.2) is 88.5 Å². The van der Waals surface area contributed by atoms with Gasteiger partial charge in [0.25, 0.3) is 0 Å². The number of alkyl halides is 3. The normalized spacial score (nSPS) is 11.8. The molecule has 0 radical (unpaired) electrons. The fourth-order valence-corrected chi connectivity index (χ4v) is 2.61. The van der Waals surface area contributed by atoms with Crippen molar-refractivity contribution in [3.05, 3.63) is 100 Å². The van der Waals surface area contributed by atoms with E-state index in [1.165, 1.54) is 0 Å². The smallest absolute Gasteiger partial charge is 0.337 e. The topological polar surface area (TPSA) is 50.7 Å². The number of amidine groups is 1. The number of hydrogen-bond acceptors (Lipinski definition) is 3. The number of benzene rings is 3. The summed E-state index contributed by atoms with van der Waals surface area (Å²) in [7, 11) is 0. The van der Waals surface area contributed by atoms with Crippen LogP contribution in [0.4, 0.5) is 18.9 Å². The molecule has 3 rings (SSSR count). The van der Waals surface area contributed by atoms with Crippen molar-refractivity contribution in [1.29, 1.82) is 0 Å². The molecule has 3 aromatic carbocycles. The van der Waals surface area contributed by atoms with Crippen LogP contribution in [0.3, 0.4) is 0 Å². The third-order valence-corrected chi connectivity index (χ3v) is 4.35. The van der Waals surface area contributed by atoms with Crippen molar-refractivity contribution < 1.29 is 22.8 Å². The highest BCUT2D eigenvalue weighted by Crippen LogP contribution is 2.29. The summed E-state index contributed by atoms with van der Waals surface area (Å²) in [5.74, 6) is -0.604. The van der Waals surface area contributed by atoms with Crippen molar-refractivity contribution >= 4 is 33.4 Å². The predicted molar refractivity (Wildman–Crippen MR) is 108 cm³/mol. The lowest BCUT2D eigenvalue weighted by Gasteiger charge is -2.10. The largest absolute Gasteiger partial charge is 0.416 e. The molecule has 0 unspecified atom stereocenters. The van der Waals surface area contributed by atoms with E-state index in [1.54, 1.807) is 24.3 Å². The van der Waals surface area contributed by atoms with E-state index < -0.39 is 17.7 Å². The first kappa shape index (κ1) is 20.6. The number of halogens is 4. The van der Waals surface area contributed by atoms with E-state index in [4.69, 9.17) is 4.84 Å². The summed E-state index contributed by atoms with van der Waals surface area (Å²) in [4.78, 5) is 17.2. The molecule has 0 aliphatic rings. The zero-order chi connectivity index (χ0) is 20.9. The minimum atomic E-state index is -4.48. The minimum absolute atomic E-state index is 0.0448. The van der Waals surface area contributed by atoms with Gasteiger partial charge in [0.1, 0.15) is 0 Å². The molecule has 3 aromatic rings. The van der Waals surface area contributed by atoms with Crippen LogP contribution in [0.2, 0.25) is 0 Å². The van der Waals surface area contributed by atoms with Gasteiger partial charge in [-0.3, -0.25) is 0 Å². The van der Waals surface area contributed by atoms with Crippen molar-refractivity contribution in [3.63, 3.8) is 0 Å². The molecule has 0 amide bonds. The second-order valence-corrected chi connectivity index (χ2v) is 6.81. The lowest BCUT2D eigenvalue weighted by Crippen LogP contribution is -2.15. The first-order chi connectivity index (χ1) is 13.8. The number of carbonyl (C=O) groups is 1. The molecule has 4 nitrogen and oxygen atoms in total. The number of nitrogens with one attached hydrogen (secondary N) is 1. The first-order valence-corrected chi connectivity index (χ1v) is 9.17. The van der Waals surface area contributed by atoms with Gasteiger partial charge in [-0.1, -0.05) is 51.4 Å². The van der Waals surface area contributed by atoms with Crippen LogP contribution < -0.4 is 5.32 Å². The number of oxime groups is 1. The summed E-state index contributed by atoms with van der Waals surface area (Å²) in [5.41, 5.74) is 0.479. The Bertz CT molecular complexity index is 1000. The van der Waals surface area contributed by atoms with E-state index in [0.29, 0.717) is 5.56 Å².